The Morgan fingerprint density at radius 3 is 2.55 bits per heavy atom. The van der Waals surface area contributed by atoms with Gasteiger partial charge in [0, 0.05) is 0 Å². The highest BCUT2D eigenvalue weighted by molar-refractivity contribution is 6.08. The largest absolute Gasteiger partial charge is 0.494 e. The number of rotatable bonds is 4. The summed E-state index contributed by atoms with van der Waals surface area (Å²) >= 11 is 0. The van der Waals surface area contributed by atoms with Gasteiger partial charge in [-0.15, -0.1) is 0 Å². The van der Waals surface area contributed by atoms with Gasteiger partial charge < -0.3 is 4.74 Å². The van der Waals surface area contributed by atoms with E-state index in [2.05, 4.69) is 0 Å². The fraction of sp³-hybridized carbons (Fsp3) is 0.333. The molecule has 2 radical (unpaired) electrons. The van der Waals surface area contributed by atoms with Crippen molar-refractivity contribution in [1.82, 2.24) is 0 Å². The zero-order valence-electron chi connectivity index (χ0n) is 6.49. The molecule has 56 valence electrons. The lowest BCUT2D eigenvalue weighted by Gasteiger charge is -2.03. The molecule has 0 aliphatic heterocycles. The highest BCUT2D eigenvalue weighted by Gasteiger charge is 1.88. The van der Waals surface area contributed by atoms with E-state index < -0.39 is 0 Å². The van der Waals surface area contributed by atoms with E-state index in [1.807, 2.05) is 30.3 Å². The zero-order valence-corrected chi connectivity index (χ0v) is 6.49. The van der Waals surface area contributed by atoms with Crippen molar-refractivity contribution in [2.24, 2.45) is 0 Å². The molecule has 0 aliphatic rings. The van der Waals surface area contributed by atoms with E-state index in [9.17, 15) is 0 Å². The minimum atomic E-state index is 0.687. The van der Waals surface area contributed by atoms with Crippen LogP contribution in [-0.2, 0) is 0 Å². The van der Waals surface area contributed by atoms with Crippen LogP contribution in [0.15, 0.2) is 30.3 Å². The van der Waals surface area contributed by atoms with E-state index in [0.717, 1.165) is 12.2 Å². The molecule has 0 aliphatic carbocycles. The van der Waals surface area contributed by atoms with Crippen molar-refractivity contribution >= 4 is 7.85 Å². The molecule has 0 saturated carbocycles. The second-order valence-corrected chi connectivity index (χ2v) is 2.30. The van der Waals surface area contributed by atoms with Crippen LogP contribution in [0.1, 0.15) is 6.42 Å². The second-order valence-electron chi connectivity index (χ2n) is 2.30. The fourth-order valence-corrected chi connectivity index (χ4v) is 0.790. The molecule has 1 aromatic rings. The van der Waals surface area contributed by atoms with Gasteiger partial charge in [0.25, 0.3) is 0 Å². The van der Waals surface area contributed by atoms with Gasteiger partial charge in [-0.25, -0.2) is 0 Å². The number of para-hydroxylation sites is 1. The van der Waals surface area contributed by atoms with Crippen LogP contribution in [0, 0.1) is 0 Å². The number of hydrogen-bond acceptors (Lipinski definition) is 1. The van der Waals surface area contributed by atoms with Crippen molar-refractivity contribution < 1.29 is 4.74 Å². The van der Waals surface area contributed by atoms with E-state index >= 15 is 0 Å². The standard InChI is InChI=1S/C9H11BO/c10-7-4-8-11-9-5-2-1-3-6-9/h1-3,5-6H,4,7-8H2. The van der Waals surface area contributed by atoms with Crippen LogP contribution < -0.4 is 4.74 Å². The van der Waals surface area contributed by atoms with Crippen molar-refractivity contribution in [2.75, 3.05) is 6.61 Å². The van der Waals surface area contributed by atoms with Gasteiger partial charge in [0.1, 0.15) is 5.75 Å². The third-order valence-corrected chi connectivity index (χ3v) is 1.36. The molecule has 0 atom stereocenters. The minimum absolute atomic E-state index is 0.687. The van der Waals surface area contributed by atoms with Crippen LogP contribution in [0.25, 0.3) is 0 Å². The van der Waals surface area contributed by atoms with Crippen molar-refractivity contribution in [3.05, 3.63) is 30.3 Å². The normalized spacial score (nSPS) is 9.45. The summed E-state index contributed by atoms with van der Waals surface area (Å²) < 4.78 is 5.37. The second kappa shape index (κ2) is 4.83. The fourth-order valence-electron chi connectivity index (χ4n) is 0.790. The summed E-state index contributed by atoms with van der Waals surface area (Å²) in [5.74, 6) is 0.918. The van der Waals surface area contributed by atoms with Gasteiger partial charge in [-0.2, -0.15) is 0 Å². The Kier molecular flexibility index (Phi) is 3.60. The van der Waals surface area contributed by atoms with E-state index in [1.165, 1.54) is 0 Å². The molecule has 11 heavy (non-hydrogen) atoms. The van der Waals surface area contributed by atoms with Gasteiger partial charge in [-0.1, -0.05) is 24.5 Å². The first-order valence-corrected chi connectivity index (χ1v) is 3.81. The van der Waals surface area contributed by atoms with Crippen LogP contribution >= 0.6 is 0 Å². The van der Waals surface area contributed by atoms with Gasteiger partial charge in [0.15, 0.2) is 0 Å². The maximum absolute atomic E-state index is 5.37. The SMILES string of the molecule is [B]CCCOc1ccccc1. The molecule has 1 aromatic carbocycles. The lowest BCUT2D eigenvalue weighted by Crippen LogP contribution is -1.95. The number of hydrogen-bond donors (Lipinski definition) is 0. The lowest BCUT2D eigenvalue weighted by molar-refractivity contribution is 0.317. The Labute approximate surface area is 68.8 Å². The summed E-state index contributed by atoms with van der Waals surface area (Å²) in [5, 5.41) is 0. The molecule has 1 nitrogen and oxygen atoms in total. The van der Waals surface area contributed by atoms with Crippen LogP contribution in [0.4, 0.5) is 0 Å². The van der Waals surface area contributed by atoms with Crippen molar-refractivity contribution in [2.45, 2.75) is 12.7 Å². The first-order valence-electron chi connectivity index (χ1n) is 3.81. The molecule has 0 N–H and O–H groups in total. The van der Waals surface area contributed by atoms with Crippen molar-refractivity contribution in [3.8, 4) is 5.75 Å². The summed E-state index contributed by atoms with van der Waals surface area (Å²) in [6.07, 6.45) is 1.60. The lowest BCUT2D eigenvalue weighted by atomic mass is 10.0. The summed E-state index contributed by atoms with van der Waals surface area (Å²) in [7, 11) is 5.31. The maximum atomic E-state index is 5.37. The average molecular weight is 146 g/mol. The van der Waals surface area contributed by atoms with Gasteiger partial charge in [0.05, 0.1) is 14.5 Å². The number of benzene rings is 1. The quantitative estimate of drug-likeness (QED) is 0.466. The molecule has 0 heterocycles. The van der Waals surface area contributed by atoms with Crippen LogP contribution in [-0.4, -0.2) is 14.5 Å². The Balaban J connectivity index is 2.28. The topological polar surface area (TPSA) is 9.23 Å². The predicted octanol–water partition coefficient (Wildman–Crippen LogP) is 2.04. The number of ether oxygens (including phenoxy) is 1. The highest BCUT2D eigenvalue weighted by atomic mass is 16.5. The van der Waals surface area contributed by atoms with Crippen molar-refractivity contribution in [3.63, 3.8) is 0 Å². The molecule has 0 aromatic heterocycles. The molecular weight excluding hydrogens is 135 g/mol. The molecule has 2 heteroatoms. The molecule has 1 rings (SSSR count). The summed E-state index contributed by atoms with van der Waals surface area (Å²) in [6, 6.07) is 9.76. The summed E-state index contributed by atoms with van der Waals surface area (Å²) in [4.78, 5) is 0. The van der Waals surface area contributed by atoms with Gasteiger partial charge in [-0.3, -0.25) is 0 Å². The minimum Gasteiger partial charge on any atom is -0.494 e. The third-order valence-electron chi connectivity index (χ3n) is 1.36. The van der Waals surface area contributed by atoms with Crippen LogP contribution in [0.3, 0.4) is 0 Å². The van der Waals surface area contributed by atoms with Crippen molar-refractivity contribution in [1.29, 1.82) is 0 Å². The van der Waals surface area contributed by atoms with Crippen LogP contribution in [0.5, 0.6) is 5.75 Å². The molecular formula is C9H11BO. The van der Waals surface area contributed by atoms with Gasteiger partial charge in [-0.05, 0) is 18.6 Å². The summed E-state index contributed by atoms with van der Waals surface area (Å²) in [6.45, 7) is 0.709. The highest BCUT2D eigenvalue weighted by Crippen LogP contribution is 2.08. The van der Waals surface area contributed by atoms with E-state index in [0.29, 0.717) is 12.9 Å². The Hall–Kier alpha value is -0.915. The predicted molar refractivity (Wildman–Crippen MR) is 47.1 cm³/mol. The molecule has 0 unspecified atom stereocenters. The zero-order chi connectivity index (χ0) is 7.94. The molecule has 0 fully saturated rings. The van der Waals surface area contributed by atoms with E-state index in [-0.39, 0.29) is 0 Å². The molecule has 0 amide bonds. The van der Waals surface area contributed by atoms with Gasteiger partial charge in [0.2, 0.25) is 0 Å². The Morgan fingerprint density at radius 2 is 1.91 bits per heavy atom. The Morgan fingerprint density at radius 1 is 1.18 bits per heavy atom. The average Bonchev–Trinajstić information content (AvgIpc) is 2.07. The third kappa shape index (κ3) is 3.12. The first-order chi connectivity index (χ1) is 5.43. The molecule has 0 bridgehead atoms. The van der Waals surface area contributed by atoms with E-state index in [1.54, 1.807) is 0 Å². The summed E-state index contributed by atoms with van der Waals surface area (Å²) in [5.41, 5.74) is 0. The van der Waals surface area contributed by atoms with E-state index in [4.69, 9.17) is 12.6 Å². The Bertz CT molecular complexity index is 186. The molecule has 0 spiro atoms. The molecule has 0 saturated heterocycles. The van der Waals surface area contributed by atoms with Crippen LogP contribution in [0.2, 0.25) is 6.32 Å². The first kappa shape index (κ1) is 8.18. The monoisotopic (exact) mass is 146 g/mol. The smallest absolute Gasteiger partial charge is 0.119 e. The van der Waals surface area contributed by atoms with Gasteiger partial charge >= 0.3 is 0 Å². The maximum Gasteiger partial charge on any atom is 0.119 e.